The van der Waals surface area contributed by atoms with E-state index in [1.807, 2.05) is 0 Å². The highest BCUT2D eigenvalue weighted by Crippen LogP contribution is 2.43. The molecular weight excluding hydrogens is 811 g/mol. The average molecular weight is 861 g/mol. The maximum absolute atomic E-state index is 12.9. The van der Waals surface area contributed by atoms with Crippen molar-refractivity contribution in [2.24, 2.45) is 11.5 Å². The molecule has 29 heteroatoms. The van der Waals surface area contributed by atoms with E-state index in [4.69, 9.17) is 44.6 Å². The molecule has 4 rings (SSSR count). The number of aliphatic hydroxyl groups is 11. The molecule has 0 spiro atoms. The molecule has 0 radical (unpaired) electrons. The first-order chi connectivity index (χ1) is 26.4. The van der Waals surface area contributed by atoms with Gasteiger partial charge in [-0.25, -0.2) is 14.2 Å². The van der Waals surface area contributed by atoms with E-state index >= 15 is 0 Å². The molecule has 4 fully saturated rings. The monoisotopic (exact) mass is 860 g/mol. The van der Waals surface area contributed by atoms with Gasteiger partial charge in [0.15, 0.2) is 12.6 Å². The molecule has 4 heterocycles. The minimum atomic E-state index is -5.53. The van der Waals surface area contributed by atoms with Gasteiger partial charge in [0, 0.05) is 12.8 Å². The maximum atomic E-state index is 12.9. The lowest BCUT2D eigenvalue weighted by atomic mass is 9.90. The zero-order valence-electron chi connectivity index (χ0n) is 29.4. The topological polar surface area (TPSA) is 481 Å². The molecule has 28 nitrogen and oxygen atoms in total. The number of aliphatic hydroxyl groups excluding tert-OH is 11. The molecule has 4 saturated heterocycles. The molecule has 0 amide bonds. The van der Waals surface area contributed by atoms with Gasteiger partial charge in [-0.3, -0.25) is 4.52 Å². The van der Waals surface area contributed by atoms with Crippen molar-refractivity contribution in [2.45, 2.75) is 135 Å². The van der Waals surface area contributed by atoms with E-state index < -0.39 is 181 Å². The molecule has 0 unspecified atom stereocenters. The highest BCUT2D eigenvalue weighted by Gasteiger charge is 2.61. The molecule has 332 valence electrons. The fourth-order valence-corrected chi connectivity index (χ4v) is 7.22. The molecule has 0 saturated carbocycles. The van der Waals surface area contributed by atoms with Crippen LogP contribution < -0.4 is 11.5 Å². The van der Waals surface area contributed by atoms with Crippen LogP contribution in [0, 0.1) is 0 Å². The number of hydrogen-bond acceptors (Lipinski definition) is 24. The molecule has 0 aromatic carbocycles. The predicted molar refractivity (Wildman–Crippen MR) is 171 cm³/mol. The minimum Gasteiger partial charge on any atom is -0.477 e. The third-order valence-corrected chi connectivity index (χ3v) is 10.3. The Morgan fingerprint density at radius 3 is 1.84 bits per heavy atom. The van der Waals surface area contributed by atoms with Crippen LogP contribution in [-0.4, -0.2) is 236 Å². The van der Waals surface area contributed by atoms with E-state index in [1.165, 1.54) is 0 Å². The summed E-state index contributed by atoms with van der Waals surface area (Å²) in [6.07, 6.45) is -34.3. The molecule has 0 aliphatic carbocycles. The van der Waals surface area contributed by atoms with E-state index in [0.717, 1.165) is 0 Å². The van der Waals surface area contributed by atoms with Crippen molar-refractivity contribution in [3.05, 3.63) is 0 Å². The van der Waals surface area contributed by atoms with Crippen molar-refractivity contribution >= 4 is 19.8 Å². The zero-order valence-corrected chi connectivity index (χ0v) is 30.3. The Morgan fingerprint density at radius 2 is 1.30 bits per heavy atom. The average Bonchev–Trinajstić information content (AvgIpc) is 3.14. The van der Waals surface area contributed by atoms with Crippen LogP contribution in [0.5, 0.6) is 0 Å². The van der Waals surface area contributed by atoms with Crippen molar-refractivity contribution in [3.63, 3.8) is 0 Å². The minimum absolute atomic E-state index is 0.750. The van der Waals surface area contributed by atoms with Gasteiger partial charge in [-0.2, -0.15) is 0 Å². The van der Waals surface area contributed by atoms with Gasteiger partial charge >= 0.3 is 19.8 Å². The Balaban J connectivity index is 1.65. The van der Waals surface area contributed by atoms with E-state index in [-0.39, 0.29) is 0 Å². The number of carbonyl (C=O) groups is 2. The summed E-state index contributed by atoms with van der Waals surface area (Å²) in [7, 11) is -5.53. The van der Waals surface area contributed by atoms with E-state index in [0.29, 0.717) is 0 Å². The molecule has 19 N–H and O–H groups in total. The lowest BCUT2D eigenvalue weighted by molar-refractivity contribution is -0.378. The second-order valence-corrected chi connectivity index (χ2v) is 15.0. The van der Waals surface area contributed by atoms with Crippen LogP contribution >= 0.6 is 7.82 Å². The van der Waals surface area contributed by atoms with E-state index in [9.17, 15) is 90.3 Å². The van der Waals surface area contributed by atoms with Gasteiger partial charge in [-0.1, -0.05) is 0 Å². The third-order valence-electron chi connectivity index (χ3n) is 9.83. The number of phosphoric ester groups is 1. The lowest BCUT2D eigenvalue weighted by Gasteiger charge is -2.50. The number of nitrogens with two attached hydrogens (primary N) is 2. The van der Waals surface area contributed by atoms with Gasteiger partial charge in [-0.15, -0.1) is 0 Å². The number of aliphatic carboxylic acids is 2. The molecular formula is C28H49N2O26P. The van der Waals surface area contributed by atoms with Gasteiger partial charge < -0.3 is 121 Å². The van der Waals surface area contributed by atoms with Gasteiger partial charge in [0.1, 0.15) is 73.2 Å². The summed E-state index contributed by atoms with van der Waals surface area (Å²) in [6.45, 7) is -4.34. The van der Waals surface area contributed by atoms with Crippen molar-refractivity contribution in [3.8, 4) is 0 Å². The first-order valence-corrected chi connectivity index (χ1v) is 18.6. The quantitative estimate of drug-likeness (QED) is 0.0641. The van der Waals surface area contributed by atoms with Crippen LogP contribution in [0.15, 0.2) is 0 Å². The highest BCUT2D eigenvalue weighted by atomic mass is 31.2. The normalized spacial score (nSPS) is 45.6. The molecule has 0 aromatic rings. The fourth-order valence-electron chi connectivity index (χ4n) is 6.64. The molecule has 0 aromatic heterocycles. The standard InChI is InChI=1S/C28H49N2O26P/c29-13-18(39)16(37)11(51-23(13)41)5-49-24-14(30)19(40)22(56-57(46,47)48)12(52-24)6-50-27(25(42)43)2-10(17(38)21(54-27)9(35)4-32)53-28(26(44)45)1-7(33)15(36)20(55-28)8(34)3-31/h7-24,31-41H,1-6,29-30H2,(H,42,43)(H,44,45)(H2,46,47,48)/t7-,8-,9-,10-,11-,12-,13-,14-,15-,16-,17-,18-,19-,20-,21-,22-,23+,24-,27-,28-/m1/s1. The zero-order chi connectivity index (χ0) is 42.9. The maximum Gasteiger partial charge on any atom is 0.470 e. The summed E-state index contributed by atoms with van der Waals surface area (Å²) < 4.78 is 54.6. The van der Waals surface area contributed by atoms with Crippen LogP contribution in [0.25, 0.3) is 0 Å². The van der Waals surface area contributed by atoms with Crippen molar-refractivity contribution < 1.29 is 128 Å². The molecule has 0 bridgehead atoms. The van der Waals surface area contributed by atoms with Crippen LogP contribution in [-0.2, 0) is 51.8 Å². The fraction of sp³-hybridized carbons (Fsp3) is 0.929. The third kappa shape index (κ3) is 10.4. The number of phosphoric acid groups is 1. The summed E-state index contributed by atoms with van der Waals surface area (Å²) in [4.78, 5) is 44.7. The Hall–Kier alpha value is -1.75. The number of hydrogen-bond donors (Lipinski definition) is 17. The Morgan fingerprint density at radius 1 is 0.737 bits per heavy atom. The summed E-state index contributed by atoms with van der Waals surface area (Å²) in [5.41, 5.74) is 11.5. The lowest BCUT2D eigenvalue weighted by Crippen LogP contribution is -2.68. The second kappa shape index (κ2) is 18.9. The van der Waals surface area contributed by atoms with E-state index in [1.54, 1.807) is 0 Å². The largest absolute Gasteiger partial charge is 0.477 e. The second-order valence-electron chi connectivity index (χ2n) is 13.8. The predicted octanol–water partition coefficient (Wildman–Crippen LogP) is -10.0. The van der Waals surface area contributed by atoms with Crippen LogP contribution in [0.1, 0.15) is 12.8 Å². The van der Waals surface area contributed by atoms with Crippen molar-refractivity contribution in [2.75, 3.05) is 26.4 Å². The SMILES string of the molecule is N[C@@H]1[C@@H](O)[C@H](O)[C@@H](CO[C@@H]2O[C@H](CO[C@]3(C(=O)O)C[C@@H](O[C@]4(C(=O)O)C[C@@H](O)[C@@H](O)[C@@H]([C@H](O)CO)O4)[C@@H](O)[C@@H]([C@H](O)CO)O3)[C@@H](OP(=O)(O)O)[C@H](O)[C@H]2N)O[C@@H]1O. The summed E-state index contributed by atoms with van der Waals surface area (Å²) in [5, 5.41) is 134. The van der Waals surface area contributed by atoms with Gasteiger partial charge in [0.2, 0.25) is 0 Å². The molecule has 20 atom stereocenters. The Kier molecular flexibility index (Phi) is 15.9. The molecule has 4 aliphatic heterocycles. The van der Waals surface area contributed by atoms with Gasteiger partial charge in [0.25, 0.3) is 11.6 Å². The van der Waals surface area contributed by atoms with Crippen LogP contribution in [0.2, 0.25) is 0 Å². The van der Waals surface area contributed by atoms with Gasteiger partial charge in [-0.05, 0) is 0 Å². The Labute approximate surface area is 320 Å². The number of carboxylic acid groups (broad SMARTS) is 2. The van der Waals surface area contributed by atoms with Crippen LogP contribution in [0.4, 0.5) is 0 Å². The van der Waals surface area contributed by atoms with Crippen LogP contribution in [0.3, 0.4) is 0 Å². The van der Waals surface area contributed by atoms with Gasteiger partial charge in [0.05, 0.1) is 50.7 Å². The first kappa shape index (κ1) is 47.9. The summed E-state index contributed by atoms with van der Waals surface area (Å²) in [5.74, 6) is -10.5. The molecule has 4 aliphatic rings. The smallest absolute Gasteiger partial charge is 0.470 e. The molecule has 57 heavy (non-hydrogen) atoms. The number of rotatable bonds is 16. The Bertz CT molecular complexity index is 1410. The number of ether oxygens (including phenoxy) is 7. The number of carboxylic acids is 2. The summed E-state index contributed by atoms with van der Waals surface area (Å²) >= 11 is 0. The highest BCUT2D eigenvalue weighted by molar-refractivity contribution is 7.46. The van der Waals surface area contributed by atoms with E-state index in [2.05, 4.69) is 4.52 Å². The van der Waals surface area contributed by atoms with Crippen molar-refractivity contribution in [1.82, 2.24) is 0 Å². The van der Waals surface area contributed by atoms with Crippen molar-refractivity contribution in [1.29, 1.82) is 0 Å². The first-order valence-electron chi connectivity index (χ1n) is 17.1. The summed E-state index contributed by atoms with van der Waals surface area (Å²) in [6, 6.07) is -3.16.